The topological polar surface area (TPSA) is 60.2 Å². The molecular formula is C13H9NO2S. The molecule has 4 heteroatoms. The Balaban J connectivity index is 2.26. The molecule has 17 heavy (non-hydrogen) atoms. The van der Waals surface area contributed by atoms with Gasteiger partial charge in [0.2, 0.25) is 0 Å². The van der Waals surface area contributed by atoms with Gasteiger partial charge in [0, 0.05) is 22.4 Å². The van der Waals surface area contributed by atoms with E-state index in [1.807, 2.05) is 24.3 Å². The van der Waals surface area contributed by atoms with Crippen LogP contribution in [0.25, 0.3) is 10.4 Å². The van der Waals surface area contributed by atoms with Gasteiger partial charge in [0.25, 0.3) is 5.91 Å². The van der Waals surface area contributed by atoms with E-state index in [0.717, 1.165) is 21.6 Å². The average Bonchev–Trinajstić information content (AvgIpc) is 2.73. The van der Waals surface area contributed by atoms with Crippen LogP contribution < -0.4 is 5.73 Å². The molecular weight excluding hydrogens is 234 g/mol. The van der Waals surface area contributed by atoms with Gasteiger partial charge in [-0.15, -0.1) is 11.3 Å². The van der Waals surface area contributed by atoms with E-state index in [0.29, 0.717) is 11.3 Å². The van der Waals surface area contributed by atoms with E-state index in [1.165, 1.54) is 11.3 Å². The highest BCUT2D eigenvalue weighted by Gasteiger charge is 2.25. The predicted octanol–water partition coefficient (Wildman–Crippen LogP) is 2.25. The number of benzene rings is 1. The Labute approximate surface area is 102 Å². The highest BCUT2D eigenvalue weighted by atomic mass is 32.1. The van der Waals surface area contributed by atoms with Crippen LogP contribution in [0.5, 0.6) is 0 Å². The minimum atomic E-state index is -0.436. The summed E-state index contributed by atoms with van der Waals surface area (Å²) in [6.45, 7) is 0. The number of carbonyl (C=O) groups is 2. The largest absolute Gasteiger partial charge is 0.365 e. The molecule has 3 nitrogen and oxygen atoms in total. The summed E-state index contributed by atoms with van der Waals surface area (Å²) in [5, 5.41) is 0. The molecule has 0 unspecified atom stereocenters. The number of amides is 1. The standard InChI is InChI=1S/C13H9NO2S/c14-13(16)11-6-7-5-10(15)8-3-1-2-4-9(8)12(7)17-11/h1-4,6H,5H2,(H2,14,16). The molecule has 84 valence electrons. The van der Waals surface area contributed by atoms with Crippen molar-refractivity contribution in [3.63, 3.8) is 0 Å². The van der Waals surface area contributed by atoms with Gasteiger partial charge in [-0.3, -0.25) is 9.59 Å². The van der Waals surface area contributed by atoms with Gasteiger partial charge in [0.1, 0.15) is 0 Å². The zero-order valence-corrected chi connectivity index (χ0v) is 9.71. The number of hydrogen-bond donors (Lipinski definition) is 1. The van der Waals surface area contributed by atoms with Gasteiger partial charge >= 0.3 is 0 Å². The Morgan fingerprint density at radius 2 is 1.94 bits per heavy atom. The number of primary amides is 1. The fraction of sp³-hybridized carbons (Fsp3) is 0.0769. The quantitative estimate of drug-likeness (QED) is 0.835. The molecule has 1 heterocycles. The molecule has 2 N–H and O–H groups in total. The van der Waals surface area contributed by atoms with E-state index in [9.17, 15) is 9.59 Å². The van der Waals surface area contributed by atoms with Crippen LogP contribution in [0.4, 0.5) is 0 Å². The van der Waals surface area contributed by atoms with Gasteiger partial charge < -0.3 is 5.73 Å². The van der Waals surface area contributed by atoms with E-state index in [4.69, 9.17) is 5.73 Å². The van der Waals surface area contributed by atoms with E-state index < -0.39 is 5.91 Å². The average molecular weight is 243 g/mol. The van der Waals surface area contributed by atoms with Crippen molar-refractivity contribution in [2.45, 2.75) is 6.42 Å². The van der Waals surface area contributed by atoms with Gasteiger partial charge in [-0.05, 0) is 11.6 Å². The summed E-state index contributed by atoms with van der Waals surface area (Å²) >= 11 is 1.36. The van der Waals surface area contributed by atoms with Gasteiger partial charge in [0.15, 0.2) is 5.78 Å². The molecule has 0 fully saturated rings. The zero-order chi connectivity index (χ0) is 12.0. The third-order valence-electron chi connectivity index (χ3n) is 2.87. The molecule has 0 saturated carbocycles. The van der Waals surface area contributed by atoms with Crippen LogP contribution in [0, 0.1) is 0 Å². The van der Waals surface area contributed by atoms with Crippen molar-refractivity contribution >= 4 is 23.0 Å². The summed E-state index contributed by atoms with van der Waals surface area (Å²) in [6.07, 6.45) is 0.357. The number of Topliss-reactive ketones (excluding diaryl/α,β-unsaturated/α-hetero) is 1. The second-order valence-corrected chi connectivity index (χ2v) is 5.03. The highest BCUT2D eigenvalue weighted by molar-refractivity contribution is 7.17. The van der Waals surface area contributed by atoms with Crippen molar-refractivity contribution in [1.82, 2.24) is 0 Å². The Kier molecular flexibility index (Phi) is 2.12. The first-order chi connectivity index (χ1) is 8.16. The summed E-state index contributed by atoms with van der Waals surface area (Å²) in [6, 6.07) is 9.21. The molecule has 0 spiro atoms. The summed E-state index contributed by atoms with van der Waals surface area (Å²) in [5.74, 6) is -0.337. The van der Waals surface area contributed by atoms with Crippen LogP contribution in [0.15, 0.2) is 30.3 Å². The SMILES string of the molecule is NC(=O)c1cc2c(s1)-c1ccccc1C(=O)C2. The molecule has 1 aliphatic rings. The molecule has 0 radical (unpaired) electrons. The molecule has 1 aromatic heterocycles. The van der Waals surface area contributed by atoms with E-state index >= 15 is 0 Å². The Bertz CT molecular complexity index is 643. The van der Waals surface area contributed by atoms with E-state index in [-0.39, 0.29) is 5.78 Å². The first kappa shape index (κ1) is 10.2. The number of carbonyl (C=O) groups excluding carboxylic acids is 2. The van der Waals surface area contributed by atoms with E-state index in [1.54, 1.807) is 6.07 Å². The lowest BCUT2D eigenvalue weighted by Gasteiger charge is -2.14. The summed E-state index contributed by atoms with van der Waals surface area (Å²) in [5.41, 5.74) is 7.82. The lowest BCUT2D eigenvalue weighted by Crippen LogP contribution is -2.10. The zero-order valence-electron chi connectivity index (χ0n) is 8.90. The van der Waals surface area contributed by atoms with Crippen molar-refractivity contribution in [1.29, 1.82) is 0 Å². The summed E-state index contributed by atoms with van der Waals surface area (Å²) in [7, 11) is 0. The monoisotopic (exact) mass is 243 g/mol. The van der Waals surface area contributed by atoms with Crippen molar-refractivity contribution in [2.24, 2.45) is 5.73 Å². The van der Waals surface area contributed by atoms with Crippen LogP contribution in [-0.4, -0.2) is 11.7 Å². The van der Waals surface area contributed by atoms with Crippen LogP contribution in [0.1, 0.15) is 25.6 Å². The molecule has 0 atom stereocenters. The maximum Gasteiger partial charge on any atom is 0.258 e. The number of ketones is 1. The first-order valence-electron chi connectivity index (χ1n) is 5.22. The Morgan fingerprint density at radius 1 is 1.24 bits per heavy atom. The van der Waals surface area contributed by atoms with Gasteiger partial charge in [-0.2, -0.15) is 0 Å². The second kappa shape index (κ2) is 3.53. The van der Waals surface area contributed by atoms with Crippen molar-refractivity contribution < 1.29 is 9.59 Å². The fourth-order valence-electron chi connectivity index (χ4n) is 2.10. The maximum atomic E-state index is 11.9. The number of hydrogen-bond acceptors (Lipinski definition) is 3. The molecule has 0 bridgehead atoms. The second-order valence-electron chi connectivity index (χ2n) is 3.97. The van der Waals surface area contributed by atoms with Crippen molar-refractivity contribution in [3.8, 4) is 10.4 Å². The number of nitrogens with two attached hydrogens (primary N) is 1. The first-order valence-corrected chi connectivity index (χ1v) is 6.03. The van der Waals surface area contributed by atoms with Crippen LogP contribution in [0.3, 0.4) is 0 Å². The number of fused-ring (bicyclic) bond motifs is 3. The number of rotatable bonds is 1. The predicted molar refractivity (Wildman–Crippen MR) is 66.3 cm³/mol. The molecule has 1 aliphatic carbocycles. The molecule has 2 aromatic rings. The van der Waals surface area contributed by atoms with Gasteiger partial charge in [-0.1, -0.05) is 24.3 Å². The normalized spacial score (nSPS) is 13.1. The molecule has 0 saturated heterocycles. The Morgan fingerprint density at radius 3 is 2.65 bits per heavy atom. The van der Waals surface area contributed by atoms with E-state index in [2.05, 4.69) is 0 Å². The lowest BCUT2D eigenvalue weighted by atomic mass is 9.90. The van der Waals surface area contributed by atoms with Crippen LogP contribution in [0.2, 0.25) is 0 Å². The van der Waals surface area contributed by atoms with Crippen LogP contribution >= 0.6 is 11.3 Å². The Hall–Kier alpha value is -1.94. The summed E-state index contributed by atoms with van der Waals surface area (Å²) < 4.78 is 0. The summed E-state index contributed by atoms with van der Waals surface area (Å²) in [4.78, 5) is 24.6. The van der Waals surface area contributed by atoms with Gasteiger partial charge in [0.05, 0.1) is 4.88 Å². The lowest BCUT2D eigenvalue weighted by molar-refractivity contribution is 0.0985. The molecule has 1 amide bonds. The van der Waals surface area contributed by atoms with Crippen molar-refractivity contribution in [2.75, 3.05) is 0 Å². The smallest absolute Gasteiger partial charge is 0.258 e. The minimum Gasteiger partial charge on any atom is -0.365 e. The highest BCUT2D eigenvalue weighted by Crippen LogP contribution is 2.39. The molecule has 0 aliphatic heterocycles. The maximum absolute atomic E-state index is 11.9. The molecule has 3 rings (SSSR count). The molecule has 1 aromatic carbocycles. The van der Waals surface area contributed by atoms with Crippen molar-refractivity contribution in [3.05, 3.63) is 46.3 Å². The fourth-order valence-corrected chi connectivity index (χ4v) is 3.17. The van der Waals surface area contributed by atoms with Crippen LogP contribution in [-0.2, 0) is 6.42 Å². The third kappa shape index (κ3) is 1.49. The third-order valence-corrected chi connectivity index (χ3v) is 4.10. The number of thiophene rings is 1. The van der Waals surface area contributed by atoms with Gasteiger partial charge in [-0.25, -0.2) is 0 Å². The minimum absolute atomic E-state index is 0.0990.